The molecule has 18 heavy (non-hydrogen) atoms. The van der Waals surface area contributed by atoms with Crippen LogP contribution < -0.4 is 0 Å². The summed E-state index contributed by atoms with van der Waals surface area (Å²) in [7, 11) is 0. The topological polar surface area (TPSA) is 20.2 Å². The molecule has 1 aromatic carbocycles. The fourth-order valence-corrected chi connectivity index (χ4v) is 2.78. The minimum Gasteiger partial charge on any atom is -0.388 e. The van der Waals surface area contributed by atoms with Crippen molar-refractivity contribution < 1.29 is 13.9 Å². The molecule has 0 amide bonds. The molecule has 0 radical (unpaired) electrons. The monoisotopic (exact) mass is 254 g/mol. The molecule has 0 bridgehead atoms. The van der Waals surface area contributed by atoms with E-state index in [1.54, 1.807) is 12.1 Å². The van der Waals surface area contributed by atoms with Crippen LogP contribution in [0, 0.1) is 5.92 Å². The highest BCUT2D eigenvalue weighted by atomic mass is 19.3. The third-order valence-corrected chi connectivity index (χ3v) is 3.83. The molecule has 1 aromatic rings. The van der Waals surface area contributed by atoms with Gasteiger partial charge in [-0.3, -0.25) is 0 Å². The normalized spacial score (nSPS) is 19.1. The van der Waals surface area contributed by atoms with Crippen LogP contribution in [0.4, 0.5) is 8.78 Å². The molecule has 100 valence electrons. The van der Waals surface area contributed by atoms with E-state index in [1.165, 1.54) is 31.4 Å². The molecule has 1 nitrogen and oxygen atoms in total. The summed E-state index contributed by atoms with van der Waals surface area (Å²) in [6.45, 7) is 0. The molecule has 1 atom stereocenters. The fraction of sp³-hybridized carbons (Fsp3) is 0.600. The first-order valence-electron chi connectivity index (χ1n) is 6.73. The van der Waals surface area contributed by atoms with Crippen molar-refractivity contribution in [2.24, 2.45) is 5.92 Å². The van der Waals surface area contributed by atoms with Crippen molar-refractivity contribution in [3.63, 3.8) is 0 Å². The highest BCUT2D eigenvalue weighted by molar-refractivity contribution is 5.26. The van der Waals surface area contributed by atoms with E-state index >= 15 is 0 Å². The summed E-state index contributed by atoms with van der Waals surface area (Å²) in [6.07, 6.45) is 3.69. The van der Waals surface area contributed by atoms with Gasteiger partial charge in [-0.1, -0.05) is 50.3 Å². The molecule has 2 rings (SSSR count). The largest absolute Gasteiger partial charge is 0.388 e. The Morgan fingerprint density at radius 2 is 1.78 bits per heavy atom. The maximum absolute atomic E-state index is 12.6. The summed E-state index contributed by atoms with van der Waals surface area (Å²) >= 11 is 0. The van der Waals surface area contributed by atoms with E-state index < -0.39 is 12.5 Å². The van der Waals surface area contributed by atoms with Gasteiger partial charge in [-0.15, -0.1) is 0 Å². The zero-order valence-corrected chi connectivity index (χ0v) is 10.5. The van der Waals surface area contributed by atoms with E-state index in [-0.39, 0.29) is 5.56 Å². The number of benzene rings is 1. The first kappa shape index (κ1) is 13.5. The van der Waals surface area contributed by atoms with Crippen LogP contribution in [-0.2, 0) is 0 Å². The fourth-order valence-electron chi connectivity index (χ4n) is 2.78. The van der Waals surface area contributed by atoms with Crippen molar-refractivity contribution in [2.75, 3.05) is 0 Å². The van der Waals surface area contributed by atoms with Gasteiger partial charge in [-0.05, 0) is 24.0 Å². The van der Waals surface area contributed by atoms with Crippen LogP contribution in [0.2, 0.25) is 0 Å². The van der Waals surface area contributed by atoms with E-state index in [4.69, 9.17) is 0 Å². The van der Waals surface area contributed by atoms with E-state index in [0.717, 1.165) is 12.8 Å². The number of aliphatic hydroxyl groups excluding tert-OH is 1. The molecule has 1 aliphatic carbocycles. The number of hydrogen-bond donors (Lipinski definition) is 1. The molecule has 0 aliphatic heterocycles. The molecule has 0 saturated heterocycles. The second-order valence-corrected chi connectivity index (χ2v) is 5.23. The van der Waals surface area contributed by atoms with Crippen LogP contribution in [0.5, 0.6) is 0 Å². The van der Waals surface area contributed by atoms with Crippen LogP contribution >= 0.6 is 0 Å². The summed E-state index contributed by atoms with van der Waals surface area (Å²) in [5, 5.41) is 10.1. The van der Waals surface area contributed by atoms with Gasteiger partial charge in [0, 0.05) is 5.56 Å². The van der Waals surface area contributed by atoms with Crippen LogP contribution in [-0.4, -0.2) is 5.11 Å². The molecule has 1 saturated carbocycles. The highest BCUT2D eigenvalue weighted by Gasteiger charge is 2.19. The van der Waals surface area contributed by atoms with Gasteiger partial charge < -0.3 is 5.11 Å². The average Bonchev–Trinajstić information content (AvgIpc) is 2.40. The van der Waals surface area contributed by atoms with E-state index in [0.29, 0.717) is 17.9 Å². The van der Waals surface area contributed by atoms with E-state index in [2.05, 4.69) is 0 Å². The Hall–Kier alpha value is -0.960. The van der Waals surface area contributed by atoms with Crippen LogP contribution in [0.1, 0.15) is 62.2 Å². The molecule has 0 spiro atoms. The average molecular weight is 254 g/mol. The Morgan fingerprint density at radius 3 is 2.44 bits per heavy atom. The number of halogens is 2. The molecule has 0 heterocycles. The second kappa shape index (κ2) is 6.28. The van der Waals surface area contributed by atoms with Gasteiger partial charge in [0.05, 0.1) is 6.10 Å². The number of aliphatic hydroxyl groups is 1. The predicted octanol–water partition coefficient (Wildman–Crippen LogP) is 4.63. The highest BCUT2D eigenvalue weighted by Crippen LogP contribution is 2.32. The third kappa shape index (κ3) is 3.52. The summed E-state index contributed by atoms with van der Waals surface area (Å²) in [4.78, 5) is 0. The van der Waals surface area contributed by atoms with Crippen molar-refractivity contribution in [3.8, 4) is 0 Å². The van der Waals surface area contributed by atoms with Crippen molar-refractivity contribution in [1.82, 2.24) is 0 Å². The summed E-state index contributed by atoms with van der Waals surface area (Å²) in [5.41, 5.74) is 0.619. The second-order valence-electron chi connectivity index (χ2n) is 5.23. The summed E-state index contributed by atoms with van der Waals surface area (Å²) in [6, 6.07) is 6.17. The van der Waals surface area contributed by atoms with Gasteiger partial charge in [0.2, 0.25) is 0 Å². The summed E-state index contributed by atoms with van der Waals surface area (Å²) < 4.78 is 25.2. The molecule has 1 N–H and O–H groups in total. The van der Waals surface area contributed by atoms with Crippen molar-refractivity contribution >= 4 is 0 Å². The van der Waals surface area contributed by atoms with Gasteiger partial charge in [-0.2, -0.15) is 0 Å². The number of rotatable bonds is 4. The van der Waals surface area contributed by atoms with Crippen molar-refractivity contribution in [2.45, 2.75) is 51.1 Å². The molecule has 1 unspecified atom stereocenters. The summed E-state index contributed by atoms with van der Waals surface area (Å²) in [5.74, 6) is 0.545. The van der Waals surface area contributed by atoms with Crippen LogP contribution in [0.25, 0.3) is 0 Å². The molecular weight excluding hydrogens is 234 g/mol. The Balaban J connectivity index is 1.99. The maximum atomic E-state index is 12.6. The maximum Gasteiger partial charge on any atom is 0.263 e. The lowest BCUT2D eigenvalue weighted by molar-refractivity contribution is 0.129. The van der Waals surface area contributed by atoms with E-state index in [9.17, 15) is 13.9 Å². The lowest BCUT2D eigenvalue weighted by Crippen LogP contribution is -2.11. The predicted molar refractivity (Wildman–Crippen MR) is 67.6 cm³/mol. The first-order valence-corrected chi connectivity index (χ1v) is 6.73. The molecule has 1 aliphatic rings. The number of alkyl halides is 2. The molecule has 0 aromatic heterocycles. The van der Waals surface area contributed by atoms with Gasteiger partial charge in [0.25, 0.3) is 6.43 Å². The zero-order valence-electron chi connectivity index (χ0n) is 10.5. The Labute approximate surface area is 107 Å². The van der Waals surface area contributed by atoms with Crippen molar-refractivity contribution in [3.05, 3.63) is 35.4 Å². The van der Waals surface area contributed by atoms with Gasteiger partial charge in [0.15, 0.2) is 0 Å². The van der Waals surface area contributed by atoms with Crippen molar-refractivity contribution in [1.29, 1.82) is 0 Å². The van der Waals surface area contributed by atoms with Crippen LogP contribution in [0.15, 0.2) is 24.3 Å². The van der Waals surface area contributed by atoms with Crippen LogP contribution in [0.3, 0.4) is 0 Å². The molecule has 3 heteroatoms. The standard InChI is InChI=1S/C15H20F2O/c16-15(17)13-8-4-7-12(10-13)14(18)9-11-5-2-1-3-6-11/h4,7-8,10-11,14-15,18H,1-3,5-6,9H2. The Morgan fingerprint density at radius 1 is 1.11 bits per heavy atom. The lowest BCUT2D eigenvalue weighted by atomic mass is 9.84. The van der Waals surface area contributed by atoms with Gasteiger partial charge in [-0.25, -0.2) is 8.78 Å². The lowest BCUT2D eigenvalue weighted by Gasteiger charge is -2.24. The van der Waals surface area contributed by atoms with E-state index in [1.807, 2.05) is 0 Å². The molecular formula is C15H20F2O. The Bertz CT molecular complexity index is 373. The Kier molecular flexibility index (Phi) is 4.70. The zero-order chi connectivity index (χ0) is 13.0. The molecule has 1 fully saturated rings. The quantitative estimate of drug-likeness (QED) is 0.830. The SMILES string of the molecule is OC(CC1CCCCC1)c1cccc(C(F)F)c1. The minimum atomic E-state index is -2.47. The first-order chi connectivity index (χ1) is 8.66. The third-order valence-electron chi connectivity index (χ3n) is 3.83. The minimum absolute atomic E-state index is 0.00445. The van der Waals surface area contributed by atoms with Gasteiger partial charge >= 0.3 is 0 Å². The number of hydrogen-bond acceptors (Lipinski definition) is 1. The smallest absolute Gasteiger partial charge is 0.263 e. The van der Waals surface area contributed by atoms with Gasteiger partial charge in [0.1, 0.15) is 0 Å².